The maximum Gasteiger partial charge on any atom is 0.410 e. The van der Waals surface area contributed by atoms with Crippen molar-refractivity contribution in [3.8, 4) is 0 Å². The van der Waals surface area contributed by atoms with Gasteiger partial charge in [-0.25, -0.2) is 14.2 Å². The lowest BCUT2D eigenvalue weighted by Crippen LogP contribution is -2.51. The van der Waals surface area contributed by atoms with Crippen molar-refractivity contribution < 1.29 is 18.7 Å². The predicted molar refractivity (Wildman–Crippen MR) is 131 cm³/mol. The molecule has 11 heteroatoms. The number of aromatic amines is 1. The molecule has 5 rings (SSSR count). The van der Waals surface area contributed by atoms with Gasteiger partial charge in [-0.2, -0.15) is 5.10 Å². The van der Waals surface area contributed by atoms with E-state index in [4.69, 9.17) is 4.74 Å². The van der Waals surface area contributed by atoms with E-state index in [0.717, 1.165) is 30.8 Å². The van der Waals surface area contributed by atoms with Crippen LogP contribution in [0.25, 0.3) is 5.65 Å². The topological polar surface area (TPSA) is 108 Å². The first kappa shape index (κ1) is 24.2. The zero-order valence-corrected chi connectivity index (χ0v) is 21.0. The molecule has 1 saturated heterocycles. The molecule has 2 amide bonds. The summed E-state index contributed by atoms with van der Waals surface area (Å²) >= 11 is 0. The van der Waals surface area contributed by atoms with Gasteiger partial charge in [0.25, 0.3) is 0 Å². The fourth-order valence-corrected chi connectivity index (χ4v) is 5.14. The lowest BCUT2D eigenvalue weighted by Gasteiger charge is -2.41. The number of aromatic nitrogens is 4. The van der Waals surface area contributed by atoms with Crippen molar-refractivity contribution in [3.05, 3.63) is 47.4 Å². The number of halogens is 1. The van der Waals surface area contributed by atoms with Crippen LogP contribution in [0, 0.1) is 12.7 Å². The van der Waals surface area contributed by atoms with Crippen LogP contribution < -0.4 is 5.32 Å². The summed E-state index contributed by atoms with van der Waals surface area (Å²) < 4.78 is 21.6. The third kappa shape index (κ3) is 4.79. The molecule has 0 spiro atoms. The van der Waals surface area contributed by atoms with Crippen molar-refractivity contribution in [3.63, 3.8) is 0 Å². The number of carbonyl (C=O) groups is 2. The zero-order chi connectivity index (χ0) is 25.6. The summed E-state index contributed by atoms with van der Waals surface area (Å²) in [6, 6.07) is 1.41. The van der Waals surface area contributed by atoms with Gasteiger partial charge in [0, 0.05) is 56.2 Å². The van der Waals surface area contributed by atoms with Crippen molar-refractivity contribution in [1.29, 1.82) is 0 Å². The maximum atomic E-state index is 14.5. The van der Waals surface area contributed by atoms with Gasteiger partial charge in [0.05, 0.1) is 29.2 Å². The number of aryl methyl sites for hydroxylation is 1. The first-order valence-electron chi connectivity index (χ1n) is 12.3. The number of rotatable bonds is 3. The highest BCUT2D eigenvalue weighted by atomic mass is 19.1. The second-order valence-electron chi connectivity index (χ2n) is 10.6. The van der Waals surface area contributed by atoms with E-state index < -0.39 is 17.3 Å². The quantitative estimate of drug-likeness (QED) is 0.572. The standard InChI is InChI=1S/C25H32FN7O3/c1-15-13-33-14-16(11-19(26)22(33)28-15)29-23(34)17-5-6-20(18-12-27-30-21(17)18)31-7-9-32(10-8-31)24(35)36-25(2,3)4/h11-14,17,20H,5-10H2,1-4H3,(H,27,30)(H,29,34). The van der Waals surface area contributed by atoms with E-state index in [-0.39, 0.29) is 23.7 Å². The largest absolute Gasteiger partial charge is 0.444 e. The van der Waals surface area contributed by atoms with Gasteiger partial charge in [-0.1, -0.05) is 0 Å². The molecule has 2 N–H and O–H groups in total. The molecule has 1 aliphatic carbocycles. The van der Waals surface area contributed by atoms with E-state index in [9.17, 15) is 14.0 Å². The summed E-state index contributed by atoms with van der Waals surface area (Å²) in [5, 5.41) is 10.1. The summed E-state index contributed by atoms with van der Waals surface area (Å²) in [5.41, 5.74) is 2.58. The van der Waals surface area contributed by atoms with Gasteiger partial charge in [-0.3, -0.25) is 14.8 Å². The molecule has 0 aromatic carbocycles. The Kier molecular flexibility index (Phi) is 6.19. The number of hydrogen-bond acceptors (Lipinski definition) is 6. The number of anilines is 1. The Labute approximate surface area is 208 Å². The molecule has 2 atom stereocenters. The van der Waals surface area contributed by atoms with E-state index in [1.165, 1.54) is 6.07 Å². The molecule has 2 aliphatic rings. The van der Waals surface area contributed by atoms with Crippen molar-refractivity contribution in [2.75, 3.05) is 31.5 Å². The Bertz CT molecular complexity index is 1290. The predicted octanol–water partition coefficient (Wildman–Crippen LogP) is 3.61. The van der Waals surface area contributed by atoms with E-state index in [2.05, 4.69) is 25.4 Å². The van der Waals surface area contributed by atoms with Crippen molar-refractivity contribution in [2.45, 2.75) is 58.1 Å². The fourth-order valence-electron chi connectivity index (χ4n) is 5.14. The molecule has 3 aromatic heterocycles. The van der Waals surface area contributed by atoms with E-state index in [1.807, 2.05) is 20.8 Å². The number of nitrogens with zero attached hydrogens (tertiary/aromatic N) is 5. The number of hydrogen-bond donors (Lipinski definition) is 2. The number of pyridine rings is 1. The Morgan fingerprint density at radius 3 is 2.64 bits per heavy atom. The lowest BCUT2D eigenvalue weighted by atomic mass is 9.83. The normalized spacial score (nSPS) is 20.9. The molecule has 1 aliphatic heterocycles. The minimum absolute atomic E-state index is 0.117. The Balaban J connectivity index is 1.25. The third-order valence-electron chi connectivity index (χ3n) is 6.75. The summed E-state index contributed by atoms with van der Waals surface area (Å²) in [7, 11) is 0. The Hall–Kier alpha value is -3.47. The average Bonchev–Trinajstić information content (AvgIpc) is 3.44. The monoisotopic (exact) mass is 497 g/mol. The number of amides is 2. The molecule has 10 nitrogen and oxygen atoms in total. The summed E-state index contributed by atoms with van der Waals surface area (Å²) in [6.45, 7) is 10.00. The molecule has 0 saturated carbocycles. The summed E-state index contributed by atoms with van der Waals surface area (Å²) in [4.78, 5) is 33.9. The van der Waals surface area contributed by atoms with Crippen molar-refractivity contribution >= 4 is 23.3 Å². The summed E-state index contributed by atoms with van der Waals surface area (Å²) in [6.07, 6.45) is 6.30. The fraction of sp³-hybridized carbons (Fsp3) is 0.520. The van der Waals surface area contributed by atoms with Crippen LogP contribution in [0.15, 0.2) is 24.7 Å². The van der Waals surface area contributed by atoms with Gasteiger partial charge in [0.2, 0.25) is 5.91 Å². The van der Waals surface area contributed by atoms with Gasteiger partial charge in [0.15, 0.2) is 11.5 Å². The number of piperazine rings is 1. The molecule has 3 aromatic rings. The van der Waals surface area contributed by atoms with Crippen LogP contribution in [-0.2, 0) is 9.53 Å². The summed E-state index contributed by atoms with van der Waals surface area (Å²) in [5.74, 6) is -1.10. The average molecular weight is 498 g/mol. The molecular formula is C25H32FN7O3. The zero-order valence-electron chi connectivity index (χ0n) is 21.0. The van der Waals surface area contributed by atoms with E-state index >= 15 is 0 Å². The molecule has 1 fully saturated rings. The minimum atomic E-state index is -0.520. The molecule has 192 valence electrons. The van der Waals surface area contributed by atoms with Crippen LogP contribution in [0.5, 0.6) is 0 Å². The molecule has 4 heterocycles. The smallest absolute Gasteiger partial charge is 0.410 e. The highest BCUT2D eigenvalue weighted by molar-refractivity contribution is 5.96. The van der Waals surface area contributed by atoms with Crippen LogP contribution >= 0.6 is 0 Å². The number of fused-ring (bicyclic) bond motifs is 2. The Morgan fingerprint density at radius 1 is 1.17 bits per heavy atom. The molecule has 0 radical (unpaired) electrons. The van der Waals surface area contributed by atoms with Gasteiger partial charge in [0.1, 0.15) is 5.60 Å². The highest BCUT2D eigenvalue weighted by Gasteiger charge is 2.37. The first-order valence-corrected chi connectivity index (χ1v) is 12.3. The van der Waals surface area contributed by atoms with Crippen LogP contribution in [0.1, 0.15) is 62.5 Å². The van der Waals surface area contributed by atoms with Gasteiger partial charge in [-0.05, 0) is 40.5 Å². The van der Waals surface area contributed by atoms with Crippen molar-refractivity contribution in [1.82, 2.24) is 29.4 Å². The number of carbonyl (C=O) groups excluding carboxylic acids is 2. The van der Waals surface area contributed by atoms with E-state index in [0.29, 0.717) is 30.9 Å². The second-order valence-corrected chi connectivity index (χ2v) is 10.6. The minimum Gasteiger partial charge on any atom is -0.444 e. The Morgan fingerprint density at radius 2 is 1.92 bits per heavy atom. The number of nitrogens with one attached hydrogen (secondary N) is 2. The number of H-pyrrole nitrogens is 1. The second kappa shape index (κ2) is 9.20. The van der Waals surface area contributed by atoms with Crippen LogP contribution in [-0.4, -0.2) is 73.2 Å². The van der Waals surface area contributed by atoms with Crippen LogP contribution in [0.3, 0.4) is 0 Å². The van der Waals surface area contributed by atoms with E-state index in [1.54, 1.807) is 34.8 Å². The third-order valence-corrected chi connectivity index (χ3v) is 6.75. The van der Waals surface area contributed by atoms with Crippen LogP contribution in [0.4, 0.5) is 14.9 Å². The molecule has 2 unspecified atom stereocenters. The van der Waals surface area contributed by atoms with Gasteiger partial charge >= 0.3 is 6.09 Å². The maximum absolute atomic E-state index is 14.5. The SMILES string of the molecule is Cc1cn2cc(NC(=O)C3CCC(N4CCN(C(=O)OC(C)(C)C)CC4)c4cn[nH]c43)cc(F)c2n1. The first-order chi connectivity index (χ1) is 17.1. The number of ether oxygens (including phenoxy) is 1. The lowest BCUT2D eigenvalue weighted by molar-refractivity contribution is -0.118. The molecule has 0 bridgehead atoms. The van der Waals surface area contributed by atoms with Crippen LogP contribution in [0.2, 0.25) is 0 Å². The highest BCUT2D eigenvalue weighted by Crippen LogP contribution is 2.40. The van der Waals surface area contributed by atoms with Gasteiger partial charge < -0.3 is 19.4 Å². The van der Waals surface area contributed by atoms with Crippen molar-refractivity contribution in [2.24, 2.45) is 0 Å². The number of imidazole rings is 1. The molecular weight excluding hydrogens is 465 g/mol. The molecule has 36 heavy (non-hydrogen) atoms. The van der Waals surface area contributed by atoms with Gasteiger partial charge in [-0.15, -0.1) is 0 Å².